The predicted octanol–water partition coefficient (Wildman–Crippen LogP) is 2.31. The van der Waals surface area contributed by atoms with Crippen LogP contribution in [0.2, 0.25) is 0 Å². The number of hydrogen-bond acceptors (Lipinski definition) is 4. The second kappa shape index (κ2) is 6.13. The maximum absolute atomic E-state index is 12.2. The minimum absolute atomic E-state index is 0.144. The first kappa shape index (κ1) is 14.5. The molecule has 0 saturated heterocycles. The summed E-state index contributed by atoms with van der Waals surface area (Å²) in [7, 11) is 0. The molecule has 1 aromatic carbocycles. The van der Waals surface area contributed by atoms with Gasteiger partial charge < -0.3 is 10.1 Å². The molecule has 5 nitrogen and oxygen atoms in total. The summed E-state index contributed by atoms with van der Waals surface area (Å²) in [4.78, 5) is 28.1. The lowest BCUT2D eigenvalue weighted by atomic mass is 10.1. The quantitative estimate of drug-likeness (QED) is 0.860. The summed E-state index contributed by atoms with van der Waals surface area (Å²) in [6, 6.07) is 9.14. The van der Waals surface area contributed by atoms with E-state index in [1.165, 1.54) is 0 Å². The summed E-state index contributed by atoms with van der Waals surface area (Å²) in [5.41, 5.74) is 0.961. The van der Waals surface area contributed by atoms with Crippen LogP contribution in [-0.4, -0.2) is 29.5 Å². The van der Waals surface area contributed by atoms with Crippen LogP contribution in [0.5, 0.6) is 0 Å². The molecule has 0 unspecified atom stereocenters. The highest BCUT2D eigenvalue weighted by molar-refractivity contribution is 6.03. The van der Waals surface area contributed by atoms with Crippen LogP contribution < -0.4 is 5.32 Å². The highest BCUT2D eigenvalue weighted by Gasteiger charge is 2.29. The van der Waals surface area contributed by atoms with E-state index in [9.17, 15) is 9.59 Å². The van der Waals surface area contributed by atoms with E-state index in [1.54, 1.807) is 18.3 Å². The minimum Gasteiger partial charge on any atom is -0.452 e. The Labute approximate surface area is 128 Å². The van der Waals surface area contributed by atoms with E-state index in [4.69, 9.17) is 4.74 Å². The number of carbonyl (C=O) groups excluding carboxylic acids is 2. The summed E-state index contributed by atoms with van der Waals surface area (Å²) in [5, 5.41) is 3.72. The molecule has 0 aliphatic heterocycles. The van der Waals surface area contributed by atoms with E-state index in [0.29, 0.717) is 17.0 Å². The number of benzene rings is 1. The van der Waals surface area contributed by atoms with Gasteiger partial charge in [0.2, 0.25) is 0 Å². The molecule has 1 aliphatic carbocycles. The molecule has 1 heterocycles. The van der Waals surface area contributed by atoms with Crippen molar-refractivity contribution >= 4 is 22.8 Å². The van der Waals surface area contributed by atoms with Crippen LogP contribution in [0.1, 0.15) is 30.1 Å². The average molecular weight is 298 g/mol. The van der Waals surface area contributed by atoms with Crippen LogP contribution in [0, 0.1) is 5.92 Å². The number of hydrogen-bond donors (Lipinski definition) is 1. The standard InChI is InChI=1S/C17H18N2O3/c1-11(12-7-8-12)19-15(20)10-22-17(21)14-6-2-4-13-5-3-9-18-16(13)14/h2-6,9,11-12H,7-8,10H2,1H3,(H,19,20)/t11-/m1/s1. The molecule has 0 bridgehead atoms. The predicted molar refractivity (Wildman–Crippen MR) is 82.4 cm³/mol. The van der Waals surface area contributed by atoms with Gasteiger partial charge in [-0.1, -0.05) is 18.2 Å². The Balaban J connectivity index is 1.62. The van der Waals surface area contributed by atoms with E-state index in [1.807, 2.05) is 25.1 Å². The van der Waals surface area contributed by atoms with Crippen molar-refractivity contribution in [2.24, 2.45) is 5.92 Å². The zero-order chi connectivity index (χ0) is 15.5. The molecular formula is C17H18N2O3. The third kappa shape index (κ3) is 3.24. The molecule has 1 atom stereocenters. The molecule has 5 heteroatoms. The number of esters is 1. The first-order valence-electron chi connectivity index (χ1n) is 7.45. The molecule has 1 saturated carbocycles. The van der Waals surface area contributed by atoms with Crippen molar-refractivity contribution in [1.29, 1.82) is 0 Å². The Morgan fingerprint density at radius 3 is 2.86 bits per heavy atom. The maximum Gasteiger partial charge on any atom is 0.340 e. The van der Waals surface area contributed by atoms with E-state index >= 15 is 0 Å². The van der Waals surface area contributed by atoms with E-state index in [-0.39, 0.29) is 18.6 Å². The summed E-state index contributed by atoms with van der Waals surface area (Å²) in [6.45, 7) is 1.71. The molecule has 0 radical (unpaired) electrons. The molecule has 2 aromatic rings. The van der Waals surface area contributed by atoms with Crippen molar-refractivity contribution in [3.8, 4) is 0 Å². The fraction of sp³-hybridized carbons (Fsp3) is 0.353. The lowest BCUT2D eigenvalue weighted by Gasteiger charge is -2.13. The Morgan fingerprint density at radius 1 is 1.32 bits per heavy atom. The number of fused-ring (bicyclic) bond motifs is 1. The molecule has 1 aromatic heterocycles. The number of amides is 1. The largest absolute Gasteiger partial charge is 0.452 e. The Hall–Kier alpha value is -2.43. The van der Waals surface area contributed by atoms with Crippen LogP contribution in [-0.2, 0) is 9.53 Å². The van der Waals surface area contributed by atoms with Gasteiger partial charge in [-0.3, -0.25) is 9.78 Å². The smallest absolute Gasteiger partial charge is 0.340 e. The van der Waals surface area contributed by atoms with Crippen molar-refractivity contribution in [2.45, 2.75) is 25.8 Å². The molecular weight excluding hydrogens is 280 g/mol. The number of para-hydroxylation sites is 1. The first-order valence-corrected chi connectivity index (χ1v) is 7.45. The summed E-state index contributed by atoms with van der Waals surface area (Å²) >= 11 is 0. The molecule has 0 spiro atoms. The lowest BCUT2D eigenvalue weighted by molar-refractivity contribution is -0.124. The molecule has 1 aliphatic rings. The van der Waals surface area contributed by atoms with Gasteiger partial charge in [-0.2, -0.15) is 0 Å². The van der Waals surface area contributed by atoms with Gasteiger partial charge in [-0.15, -0.1) is 0 Å². The summed E-state index contributed by atoms with van der Waals surface area (Å²) in [5.74, 6) is -0.221. The van der Waals surface area contributed by atoms with Gasteiger partial charge in [-0.05, 0) is 37.8 Å². The van der Waals surface area contributed by atoms with Gasteiger partial charge in [0.05, 0.1) is 11.1 Å². The fourth-order valence-electron chi connectivity index (χ4n) is 2.49. The van der Waals surface area contributed by atoms with Crippen molar-refractivity contribution < 1.29 is 14.3 Å². The summed E-state index contributed by atoms with van der Waals surface area (Å²) < 4.78 is 5.11. The topological polar surface area (TPSA) is 68.3 Å². The van der Waals surface area contributed by atoms with Crippen LogP contribution >= 0.6 is 0 Å². The van der Waals surface area contributed by atoms with Crippen molar-refractivity contribution in [3.05, 3.63) is 42.1 Å². The highest BCUT2D eigenvalue weighted by Crippen LogP contribution is 2.32. The number of rotatable bonds is 5. The van der Waals surface area contributed by atoms with E-state index < -0.39 is 5.97 Å². The second-order valence-corrected chi connectivity index (χ2v) is 5.65. The molecule has 114 valence electrons. The Bertz CT molecular complexity index is 705. The summed E-state index contributed by atoms with van der Waals surface area (Å²) in [6.07, 6.45) is 3.94. The van der Waals surface area contributed by atoms with Crippen molar-refractivity contribution in [3.63, 3.8) is 0 Å². The lowest BCUT2D eigenvalue weighted by Crippen LogP contribution is -2.37. The number of nitrogens with one attached hydrogen (secondary N) is 1. The van der Waals surface area contributed by atoms with Gasteiger partial charge >= 0.3 is 5.97 Å². The van der Waals surface area contributed by atoms with Gasteiger partial charge in [0.1, 0.15) is 0 Å². The van der Waals surface area contributed by atoms with Gasteiger partial charge in [-0.25, -0.2) is 4.79 Å². The van der Waals surface area contributed by atoms with Gasteiger partial charge in [0.25, 0.3) is 5.91 Å². The molecule has 3 rings (SSSR count). The van der Waals surface area contributed by atoms with Crippen LogP contribution in [0.15, 0.2) is 36.5 Å². The van der Waals surface area contributed by atoms with E-state index in [0.717, 1.165) is 18.2 Å². The van der Waals surface area contributed by atoms with Crippen molar-refractivity contribution in [1.82, 2.24) is 10.3 Å². The zero-order valence-electron chi connectivity index (χ0n) is 12.4. The molecule has 1 amide bonds. The third-order valence-electron chi connectivity index (χ3n) is 3.90. The minimum atomic E-state index is -0.529. The number of nitrogens with zero attached hydrogens (tertiary/aromatic N) is 1. The van der Waals surface area contributed by atoms with Gasteiger partial charge in [0, 0.05) is 17.6 Å². The second-order valence-electron chi connectivity index (χ2n) is 5.65. The average Bonchev–Trinajstić information content (AvgIpc) is 3.37. The number of pyridine rings is 1. The fourth-order valence-corrected chi connectivity index (χ4v) is 2.49. The van der Waals surface area contributed by atoms with Crippen molar-refractivity contribution in [2.75, 3.05) is 6.61 Å². The SMILES string of the molecule is C[C@@H](NC(=O)COC(=O)c1cccc2cccnc12)C1CC1. The van der Waals surface area contributed by atoms with Crippen LogP contribution in [0.3, 0.4) is 0 Å². The van der Waals surface area contributed by atoms with E-state index in [2.05, 4.69) is 10.3 Å². The Morgan fingerprint density at radius 2 is 2.09 bits per heavy atom. The first-order chi connectivity index (χ1) is 10.6. The Kier molecular flexibility index (Phi) is 4.04. The van der Waals surface area contributed by atoms with Gasteiger partial charge in [0.15, 0.2) is 6.61 Å². The number of carbonyl (C=O) groups is 2. The monoisotopic (exact) mass is 298 g/mol. The molecule has 1 fully saturated rings. The van der Waals surface area contributed by atoms with Crippen LogP contribution in [0.25, 0.3) is 10.9 Å². The maximum atomic E-state index is 12.2. The molecule has 1 N–H and O–H groups in total. The zero-order valence-corrected chi connectivity index (χ0v) is 12.4. The third-order valence-corrected chi connectivity index (χ3v) is 3.90. The normalized spacial score (nSPS) is 15.3. The number of aromatic nitrogens is 1. The molecule has 22 heavy (non-hydrogen) atoms. The highest BCUT2D eigenvalue weighted by atomic mass is 16.5. The number of ether oxygens (including phenoxy) is 1. The van der Waals surface area contributed by atoms with Crippen LogP contribution in [0.4, 0.5) is 0 Å².